The molecule has 3 aromatic rings. The molecule has 0 N–H and O–H groups in total. The van der Waals surface area contributed by atoms with Crippen molar-refractivity contribution in [2.45, 2.75) is 37.1 Å². The number of hydrogen-bond donors (Lipinski definition) is 0. The van der Waals surface area contributed by atoms with E-state index in [-0.39, 0.29) is 10.9 Å². The molecular weight excluding hydrogens is 408 g/mol. The van der Waals surface area contributed by atoms with E-state index in [1.807, 2.05) is 42.5 Å². The van der Waals surface area contributed by atoms with Gasteiger partial charge in [-0.2, -0.15) is 9.40 Å². The van der Waals surface area contributed by atoms with Crippen LogP contribution in [0.25, 0.3) is 0 Å². The minimum Gasteiger partial charge on any atom is -0.274 e. The third-order valence-corrected chi connectivity index (χ3v) is 7.64. The highest BCUT2D eigenvalue weighted by atomic mass is 35.5. The molecule has 6 nitrogen and oxygen atoms in total. The van der Waals surface area contributed by atoms with Crippen molar-refractivity contribution in [1.29, 1.82) is 0 Å². The zero-order valence-electron chi connectivity index (χ0n) is 16.4. The second-order valence-electron chi connectivity index (χ2n) is 7.35. The van der Waals surface area contributed by atoms with Crippen molar-refractivity contribution in [2.75, 3.05) is 6.54 Å². The normalized spacial score (nSPS) is 17.7. The first-order valence-electron chi connectivity index (χ1n) is 9.57. The molecule has 1 aliphatic heterocycles. The average molecular weight is 431 g/mol. The summed E-state index contributed by atoms with van der Waals surface area (Å²) in [5.74, 6) is 0. The van der Waals surface area contributed by atoms with Gasteiger partial charge in [0, 0.05) is 36.9 Å². The van der Waals surface area contributed by atoms with Crippen LogP contribution < -0.4 is 0 Å². The molecule has 1 aromatic carbocycles. The Morgan fingerprint density at radius 3 is 2.69 bits per heavy atom. The van der Waals surface area contributed by atoms with E-state index in [1.54, 1.807) is 24.5 Å². The predicted octanol–water partition coefficient (Wildman–Crippen LogP) is 3.89. The molecule has 0 saturated carbocycles. The standard InChI is InChI=1S/C21H23ClN4O2S/c1-15-21(14-25(2)24-15)29(27,28)26-12-6-11-20(26)19-10-5-8-17(23-19)13-16-7-3-4-9-18(16)22/h3-5,7-10,14,20H,6,11-13H2,1-2H3/t20-/m0/s1. The zero-order valence-corrected chi connectivity index (χ0v) is 18.0. The Morgan fingerprint density at radius 1 is 1.17 bits per heavy atom. The Hall–Kier alpha value is -2.22. The van der Waals surface area contributed by atoms with Crippen LogP contribution in [0.2, 0.25) is 5.02 Å². The Kier molecular flexibility index (Phi) is 5.46. The smallest absolute Gasteiger partial charge is 0.247 e. The first-order chi connectivity index (χ1) is 13.9. The van der Waals surface area contributed by atoms with Crippen LogP contribution in [0, 0.1) is 6.92 Å². The molecular formula is C21H23ClN4O2S. The largest absolute Gasteiger partial charge is 0.274 e. The number of pyridine rings is 1. The maximum Gasteiger partial charge on any atom is 0.247 e. The first kappa shape index (κ1) is 20.1. The molecule has 4 rings (SSSR count). The third kappa shape index (κ3) is 3.95. The molecule has 0 bridgehead atoms. The second-order valence-corrected chi connectivity index (χ2v) is 9.61. The summed E-state index contributed by atoms with van der Waals surface area (Å²) < 4.78 is 29.7. The van der Waals surface area contributed by atoms with E-state index in [9.17, 15) is 8.42 Å². The van der Waals surface area contributed by atoms with Gasteiger partial charge in [-0.05, 0) is 43.5 Å². The molecule has 8 heteroatoms. The highest BCUT2D eigenvalue weighted by Crippen LogP contribution is 2.36. The van der Waals surface area contributed by atoms with Crippen molar-refractivity contribution in [1.82, 2.24) is 19.1 Å². The third-order valence-electron chi connectivity index (χ3n) is 5.26. The Balaban J connectivity index is 1.64. The number of nitrogens with zero attached hydrogens (tertiary/aromatic N) is 4. The summed E-state index contributed by atoms with van der Waals surface area (Å²) in [4.78, 5) is 5.05. The van der Waals surface area contributed by atoms with Crippen molar-refractivity contribution in [3.63, 3.8) is 0 Å². The molecule has 3 heterocycles. The maximum atomic E-state index is 13.3. The minimum atomic E-state index is -3.64. The van der Waals surface area contributed by atoms with Gasteiger partial charge in [0.05, 0.1) is 17.4 Å². The molecule has 152 valence electrons. The summed E-state index contributed by atoms with van der Waals surface area (Å²) in [6.45, 7) is 2.21. The van der Waals surface area contributed by atoms with Crippen molar-refractivity contribution < 1.29 is 8.42 Å². The van der Waals surface area contributed by atoms with E-state index in [4.69, 9.17) is 16.6 Å². The molecule has 0 aliphatic carbocycles. The molecule has 1 saturated heterocycles. The van der Waals surface area contributed by atoms with Gasteiger partial charge in [0.2, 0.25) is 10.0 Å². The van der Waals surface area contributed by atoms with Gasteiger partial charge in [-0.1, -0.05) is 35.9 Å². The zero-order chi connectivity index (χ0) is 20.6. The quantitative estimate of drug-likeness (QED) is 0.615. The van der Waals surface area contributed by atoms with Crippen molar-refractivity contribution >= 4 is 21.6 Å². The van der Waals surface area contributed by atoms with Gasteiger partial charge in [-0.25, -0.2) is 8.42 Å². The summed E-state index contributed by atoms with van der Waals surface area (Å²) in [7, 11) is -1.91. The van der Waals surface area contributed by atoms with Crippen molar-refractivity contribution in [3.05, 3.63) is 76.3 Å². The topological polar surface area (TPSA) is 68.1 Å². The SMILES string of the molecule is Cc1nn(C)cc1S(=O)(=O)N1CCC[C@H]1c1cccc(Cc2ccccc2Cl)n1. The van der Waals surface area contributed by atoms with Crippen LogP contribution in [0.15, 0.2) is 53.6 Å². The Morgan fingerprint density at radius 2 is 1.97 bits per heavy atom. The summed E-state index contributed by atoms with van der Waals surface area (Å²) in [5.41, 5.74) is 3.16. The monoisotopic (exact) mass is 430 g/mol. The molecule has 29 heavy (non-hydrogen) atoms. The number of sulfonamides is 1. The number of aromatic nitrogens is 3. The van der Waals surface area contributed by atoms with Crippen LogP contribution in [0.4, 0.5) is 0 Å². The van der Waals surface area contributed by atoms with Gasteiger partial charge in [0.15, 0.2) is 0 Å². The minimum absolute atomic E-state index is 0.263. The van der Waals surface area contributed by atoms with Crippen LogP contribution in [-0.4, -0.2) is 34.0 Å². The summed E-state index contributed by atoms with van der Waals surface area (Å²) in [6, 6.07) is 13.2. The number of rotatable bonds is 5. The highest BCUT2D eigenvalue weighted by molar-refractivity contribution is 7.89. The van der Waals surface area contributed by atoms with Crippen molar-refractivity contribution in [2.24, 2.45) is 7.05 Å². The lowest BCUT2D eigenvalue weighted by Crippen LogP contribution is -2.31. The van der Waals surface area contributed by atoms with Crippen LogP contribution in [0.5, 0.6) is 0 Å². The molecule has 0 spiro atoms. The predicted molar refractivity (Wildman–Crippen MR) is 112 cm³/mol. The second kappa shape index (κ2) is 7.89. The van der Waals surface area contributed by atoms with Gasteiger partial charge in [0.1, 0.15) is 4.90 Å². The van der Waals surface area contributed by atoms with E-state index >= 15 is 0 Å². The molecule has 1 fully saturated rings. The number of halogens is 1. The molecule has 0 amide bonds. The van der Waals surface area contributed by atoms with E-state index in [0.717, 1.165) is 29.8 Å². The molecule has 0 radical (unpaired) electrons. The Labute approximate surface area is 176 Å². The van der Waals surface area contributed by atoms with Crippen LogP contribution in [0.1, 0.15) is 41.5 Å². The van der Waals surface area contributed by atoms with Gasteiger partial charge >= 0.3 is 0 Å². The fraction of sp³-hybridized carbons (Fsp3) is 0.333. The first-order valence-corrected chi connectivity index (χ1v) is 11.4. The molecule has 2 aromatic heterocycles. The van der Waals surface area contributed by atoms with E-state index in [0.29, 0.717) is 23.7 Å². The van der Waals surface area contributed by atoms with Crippen LogP contribution in [-0.2, 0) is 23.5 Å². The van der Waals surface area contributed by atoms with Crippen molar-refractivity contribution in [3.8, 4) is 0 Å². The molecule has 0 unspecified atom stereocenters. The lowest BCUT2D eigenvalue weighted by atomic mass is 10.1. The molecule has 1 atom stereocenters. The average Bonchev–Trinajstić information content (AvgIpc) is 3.31. The van der Waals surface area contributed by atoms with E-state index in [2.05, 4.69) is 5.10 Å². The van der Waals surface area contributed by atoms with Gasteiger partial charge in [-0.15, -0.1) is 0 Å². The lowest BCUT2D eigenvalue weighted by Gasteiger charge is -2.23. The number of aryl methyl sites for hydroxylation is 2. The highest BCUT2D eigenvalue weighted by Gasteiger charge is 2.38. The van der Waals surface area contributed by atoms with Gasteiger partial charge in [-0.3, -0.25) is 9.67 Å². The van der Waals surface area contributed by atoms with E-state index in [1.165, 1.54) is 4.68 Å². The fourth-order valence-electron chi connectivity index (χ4n) is 3.90. The fourth-order valence-corrected chi connectivity index (χ4v) is 5.97. The number of hydrogen-bond acceptors (Lipinski definition) is 4. The van der Waals surface area contributed by atoms with Gasteiger partial charge in [0.25, 0.3) is 0 Å². The molecule has 1 aliphatic rings. The Bertz CT molecular complexity index is 1140. The van der Waals surface area contributed by atoms with Crippen LogP contribution >= 0.6 is 11.6 Å². The summed E-state index contributed by atoms with van der Waals surface area (Å²) in [6.07, 6.45) is 3.73. The van der Waals surface area contributed by atoms with Gasteiger partial charge < -0.3 is 0 Å². The summed E-state index contributed by atoms with van der Waals surface area (Å²) in [5, 5.41) is 4.90. The number of benzene rings is 1. The van der Waals surface area contributed by atoms with E-state index < -0.39 is 10.0 Å². The van der Waals surface area contributed by atoms with Crippen LogP contribution in [0.3, 0.4) is 0 Å². The maximum absolute atomic E-state index is 13.3. The lowest BCUT2D eigenvalue weighted by molar-refractivity contribution is 0.389. The summed E-state index contributed by atoms with van der Waals surface area (Å²) >= 11 is 6.29.